The first kappa shape index (κ1) is 13.0. The highest BCUT2D eigenvalue weighted by Gasteiger charge is 2.36. The number of oxazole rings is 1. The second-order valence-electron chi connectivity index (χ2n) is 4.50. The average molecular weight is 285 g/mol. The highest BCUT2D eigenvalue weighted by atomic mass is 16.3. The monoisotopic (exact) mass is 285 g/mol. The van der Waals surface area contributed by atoms with E-state index in [-0.39, 0.29) is 13.1 Å². The van der Waals surface area contributed by atoms with Crippen molar-refractivity contribution in [3.05, 3.63) is 53.7 Å². The quantitative estimate of drug-likeness (QED) is 0.830. The van der Waals surface area contributed by atoms with Gasteiger partial charge in [-0.15, -0.1) is 0 Å². The number of carbonyl (C=O) groups is 3. The van der Waals surface area contributed by atoms with Crippen molar-refractivity contribution in [3.8, 4) is 0 Å². The number of hydrogen-bond acceptors (Lipinski definition) is 5. The summed E-state index contributed by atoms with van der Waals surface area (Å²) >= 11 is 0. The topological polar surface area (TPSA) is 92.5 Å². The summed E-state index contributed by atoms with van der Waals surface area (Å²) in [7, 11) is 0. The SMILES string of the molecule is O=C(CN1C(=O)c2ccccc2C1=O)NCc1cocn1. The first-order valence-electron chi connectivity index (χ1n) is 6.26. The maximum absolute atomic E-state index is 12.1. The molecule has 106 valence electrons. The van der Waals surface area contributed by atoms with Crippen LogP contribution in [-0.4, -0.2) is 34.2 Å². The van der Waals surface area contributed by atoms with Crippen LogP contribution in [0.5, 0.6) is 0 Å². The number of amides is 3. The molecule has 1 aliphatic heterocycles. The Morgan fingerprint density at radius 2 is 1.86 bits per heavy atom. The second-order valence-corrected chi connectivity index (χ2v) is 4.50. The molecule has 0 atom stereocenters. The third-order valence-corrected chi connectivity index (χ3v) is 3.13. The summed E-state index contributed by atoms with van der Waals surface area (Å²) in [5.74, 6) is -1.34. The van der Waals surface area contributed by atoms with Crippen molar-refractivity contribution in [2.75, 3.05) is 6.54 Å². The van der Waals surface area contributed by atoms with E-state index in [0.717, 1.165) is 4.90 Å². The predicted molar refractivity (Wildman–Crippen MR) is 70.2 cm³/mol. The van der Waals surface area contributed by atoms with E-state index in [9.17, 15) is 14.4 Å². The molecule has 1 aromatic heterocycles. The van der Waals surface area contributed by atoms with E-state index in [1.807, 2.05) is 0 Å². The molecule has 1 N–H and O–H groups in total. The lowest BCUT2D eigenvalue weighted by molar-refractivity contribution is -0.121. The number of benzene rings is 1. The van der Waals surface area contributed by atoms with Gasteiger partial charge in [-0.25, -0.2) is 4.98 Å². The zero-order valence-electron chi connectivity index (χ0n) is 10.9. The van der Waals surface area contributed by atoms with Crippen molar-refractivity contribution in [1.82, 2.24) is 15.2 Å². The minimum atomic E-state index is -0.452. The molecule has 7 nitrogen and oxygen atoms in total. The normalized spacial score (nSPS) is 13.4. The lowest BCUT2D eigenvalue weighted by Crippen LogP contribution is -2.40. The summed E-state index contributed by atoms with van der Waals surface area (Å²) in [6, 6.07) is 6.50. The maximum Gasteiger partial charge on any atom is 0.262 e. The van der Waals surface area contributed by atoms with Crippen LogP contribution in [0.15, 0.2) is 41.3 Å². The number of nitrogens with one attached hydrogen (secondary N) is 1. The molecule has 2 aromatic rings. The van der Waals surface area contributed by atoms with Gasteiger partial charge in [-0.2, -0.15) is 0 Å². The minimum absolute atomic E-state index is 0.179. The number of rotatable bonds is 4. The van der Waals surface area contributed by atoms with Crippen LogP contribution in [0, 0.1) is 0 Å². The molecule has 2 heterocycles. The van der Waals surface area contributed by atoms with Crippen LogP contribution in [0.3, 0.4) is 0 Å². The van der Waals surface area contributed by atoms with Crippen molar-refractivity contribution in [2.45, 2.75) is 6.54 Å². The van der Waals surface area contributed by atoms with Crippen molar-refractivity contribution in [1.29, 1.82) is 0 Å². The van der Waals surface area contributed by atoms with Crippen molar-refractivity contribution in [2.24, 2.45) is 0 Å². The number of nitrogens with zero attached hydrogens (tertiary/aromatic N) is 2. The van der Waals surface area contributed by atoms with E-state index >= 15 is 0 Å². The molecule has 0 radical (unpaired) electrons. The Hall–Kier alpha value is -2.96. The molecule has 0 saturated carbocycles. The van der Waals surface area contributed by atoms with Crippen LogP contribution in [0.4, 0.5) is 0 Å². The fourth-order valence-corrected chi connectivity index (χ4v) is 2.10. The van der Waals surface area contributed by atoms with Crippen LogP contribution in [0.25, 0.3) is 0 Å². The Kier molecular flexibility index (Phi) is 3.23. The van der Waals surface area contributed by atoms with Crippen molar-refractivity contribution >= 4 is 17.7 Å². The second kappa shape index (κ2) is 5.20. The van der Waals surface area contributed by atoms with Gasteiger partial charge in [-0.3, -0.25) is 19.3 Å². The molecule has 1 aromatic carbocycles. The number of fused-ring (bicyclic) bond motifs is 1. The number of imide groups is 1. The third-order valence-electron chi connectivity index (χ3n) is 3.13. The Bertz CT molecular complexity index is 674. The molecular weight excluding hydrogens is 274 g/mol. The van der Waals surface area contributed by atoms with Crippen LogP contribution >= 0.6 is 0 Å². The maximum atomic E-state index is 12.1. The number of hydrogen-bond donors (Lipinski definition) is 1. The van der Waals surface area contributed by atoms with Crippen LogP contribution in [-0.2, 0) is 11.3 Å². The predicted octanol–water partition coefficient (Wildman–Crippen LogP) is 0.587. The zero-order valence-corrected chi connectivity index (χ0v) is 10.9. The van der Waals surface area contributed by atoms with Gasteiger partial charge in [0.15, 0.2) is 6.39 Å². The Morgan fingerprint density at radius 1 is 1.19 bits per heavy atom. The Morgan fingerprint density at radius 3 is 2.43 bits per heavy atom. The first-order chi connectivity index (χ1) is 10.2. The first-order valence-corrected chi connectivity index (χ1v) is 6.26. The lowest BCUT2D eigenvalue weighted by Gasteiger charge is -2.13. The number of aromatic nitrogens is 1. The largest absolute Gasteiger partial charge is 0.451 e. The van der Waals surface area contributed by atoms with E-state index in [1.165, 1.54) is 12.7 Å². The molecule has 0 unspecified atom stereocenters. The van der Waals surface area contributed by atoms with Gasteiger partial charge in [0.2, 0.25) is 5.91 Å². The molecular formula is C14H11N3O4. The van der Waals surface area contributed by atoms with Gasteiger partial charge in [-0.05, 0) is 12.1 Å². The van der Waals surface area contributed by atoms with Gasteiger partial charge >= 0.3 is 0 Å². The molecule has 0 saturated heterocycles. The van der Waals surface area contributed by atoms with Crippen molar-refractivity contribution in [3.63, 3.8) is 0 Å². The third kappa shape index (κ3) is 2.40. The van der Waals surface area contributed by atoms with E-state index in [1.54, 1.807) is 24.3 Å². The van der Waals surface area contributed by atoms with Gasteiger partial charge in [0.05, 0.1) is 23.4 Å². The molecule has 0 aliphatic carbocycles. The zero-order chi connectivity index (χ0) is 14.8. The molecule has 3 amide bonds. The molecule has 21 heavy (non-hydrogen) atoms. The minimum Gasteiger partial charge on any atom is -0.451 e. The summed E-state index contributed by atoms with van der Waals surface area (Å²) in [5, 5.41) is 2.57. The summed E-state index contributed by atoms with van der Waals surface area (Å²) in [5.41, 5.74) is 1.21. The number of carbonyl (C=O) groups excluding carboxylic acids is 3. The van der Waals surface area contributed by atoms with E-state index in [2.05, 4.69) is 10.3 Å². The van der Waals surface area contributed by atoms with Gasteiger partial charge in [0, 0.05) is 0 Å². The van der Waals surface area contributed by atoms with Crippen LogP contribution in [0.2, 0.25) is 0 Å². The smallest absolute Gasteiger partial charge is 0.262 e. The summed E-state index contributed by atoms with van der Waals surface area (Å²) in [6.07, 6.45) is 2.66. The molecule has 0 spiro atoms. The summed E-state index contributed by atoms with van der Waals surface area (Å²) in [4.78, 5) is 40.8. The summed E-state index contributed by atoms with van der Waals surface area (Å²) < 4.78 is 4.78. The molecule has 3 rings (SSSR count). The van der Waals surface area contributed by atoms with Gasteiger partial charge in [0.25, 0.3) is 11.8 Å². The Labute approximate surface area is 119 Å². The van der Waals surface area contributed by atoms with E-state index in [0.29, 0.717) is 16.8 Å². The molecule has 1 aliphatic rings. The average Bonchev–Trinajstić information content (AvgIpc) is 3.09. The van der Waals surface area contributed by atoms with Crippen LogP contribution in [0.1, 0.15) is 26.4 Å². The standard InChI is InChI=1S/C14H11N3O4/c18-12(15-5-9-7-21-8-16-9)6-17-13(19)10-3-1-2-4-11(10)14(17)20/h1-4,7-8H,5-6H2,(H,15,18). The van der Waals surface area contributed by atoms with E-state index < -0.39 is 17.7 Å². The van der Waals surface area contributed by atoms with Crippen LogP contribution < -0.4 is 5.32 Å². The molecule has 0 fully saturated rings. The molecule has 7 heteroatoms. The molecule has 0 bridgehead atoms. The lowest BCUT2D eigenvalue weighted by atomic mass is 10.1. The van der Waals surface area contributed by atoms with Gasteiger partial charge in [0.1, 0.15) is 12.8 Å². The van der Waals surface area contributed by atoms with Crippen molar-refractivity contribution < 1.29 is 18.8 Å². The fourth-order valence-electron chi connectivity index (χ4n) is 2.10. The highest BCUT2D eigenvalue weighted by molar-refractivity contribution is 6.22. The highest BCUT2D eigenvalue weighted by Crippen LogP contribution is 2.21. The Balaban J connectivity index is 1.65. The van der Waals surface area contributed by atoms with E-state index in [4.69, 9.17) is 4.42 Å². The van der Waals surface area contributed by atoms with Gasteiger partial charge in [-0.1, -0.05) is 12.1 Å². The fraction of sp³-hybridized carbons (Fsp3) is 0.143. The summed E-state index contributed by atoms with van der Waals surface area (Å²) in [6.45, 7) is -0.136. The van der Waals surface area contributed by atoms with Gasteiger partial charge < -0.3 is 9.73 Å².